The largest absolute Gasteiger partial charge is 0.508 e. The molecule has 0 fully saturated rings. The molecule has 3 rings (SSSR count). The highest BCUT2D eigenvalue weighted by molar-refractivity contribution is 7.11. The van der Waals surface area contributed by atoms with Crippen LogP contribution < -0.4 is 10.1 Å². The number of aromatic nitrogens is 1. The van der Waals surface area contributed by atoms with E-state index in [2.05, 4.69) is 24.1 Å². The van der Waals surface area contributed by atoms with E-state index >= 15 is 0 Å². The van der Waals surface area contributed by atoms with Crippen LogP contribution in [0, 0.1) is 6.92 Å². The SMILES string of the molecule is Cc1cnc(C(C)NC2COc3cc(O)ccc32)s1. The molecule has 2 unspecified atom stereocenters. The predicted octanol–water partition coefficient (Wildman–Crippen LogP) is 2.94. The van der Waals surface area contributed by atoms with Crippen molar-refractivity contribution < 1.29 is 9.84 Å². The number of ether oxygens (including phenoxy) is 1. The van der Waals surface area contributed by atoms with Crippen LogP contribution in [0.25, 0.3) is 0 Å². The smallest absolute Gasteiger partial charge is 0.127 e. The fraction of sp³-hybridized carbons (Fsp3) is 0.357. The second-order valence-corrected chi connectivity index (χ2v) is 6.05. The van der Waals surface area contributed by atoms with Crippen LogP contribution in [0.3, 0.4) is 0 Å². The molecule has 0 radical (unpaired) electrons. The van der Waals surface area contributed by atoms with E-state index in [-0.39, 0.29) is 17.8 Å². The molecule has 2 N–H and O–H groups in total. The number of aromatic hydroxyl groups is 1. The van der Waals surface area contributed by atoms with Crippen LogP contribution in [0.1, 0.15) is 34.5 Å². The van der Waals surface area contributed by atoms with Gasteiger partial charge in [-0.15, -0.1) is 11.3 Å². The number of phenols is 1. The van der Waals surface area contributed by atoms with Crippen LogP contribution in [0.4, 0.5) is 0 Å². The van der Waals surface area contributed by atoms with Crippen LogP contribution in [-0.2, 0) is 0 Å². The molecule has 100 valence electrons. The van der Waals surface area contributed by atoms with Crippen molar-refractivity contribution in [1.29, 1.82) is 0 Å². The summed E-state index contributed by atoms with van der Waals surface area (Å²) in [5, 5.41) is 14.0. The Morgan fingerprint density at radius 3 is 3.11 bits per heavy atom. The van der Waals surface area contributed by atoms with Crippen LogP contribution in [-0.4, -0.2) is 16.7 Å². The van der Waals surface area contributed by atoms with Gasteiger partial charge >= 0.3 is 0 Å². The molecule has 0 spiro atoms. The van der Waals surface area contributed by atoms with Gasteiger partial charge in [0.1, 0.15) is 23.1 Å². The summed E-state index contributed by atoms with van der Waals surface area (Å²) in [7, 11) is 0. The molecule has 1 aliphatic heterocycles. The number of thiazole rings is 1. The summed E-state index contributed by atoms with van der Waals surface area (Å²) in [6, 6.07) is 5.60. The first-order valence-electron chi connectivity index (χ1n) is 6.27. The van der Waals surface area contributed by atoms with Gasteiger partial charge in [-0.05, 0) is 26.0 Å². The molecule has 0 bridgehead atoms. The Kier molecular flexibility index (Phi) is 3.16. The second-order valence-electron chi connectivity index (χ2n) is 4.78. The van der Waals surface area contributed by atoms with E-state index in [0.29, 0.717) is 6.61 Å². The van der Waals surface area contributed by atoms with Crippen LogP contribution in [0.5, 0.6) is 11.5 Å². The van der Waals surface area contributed by atoms with Crippen LogP contribution in [0.2, 0.25) is 0 Å². The number of aryl methyl sites for hydroxylation is 1. The van der Waals surface area contributed by atoms with Gasteiger partial charge in [0, 0.05) is 22.7 Å². The Morgan fingerprint density at radius 2 is 2.37 bits per heavy atom. The first kappa shape index (κ1) is 12.4. The minimum absolute atomic E-state index is 0.148. The molecule has 0 aliphatic carbocycles. The van der Waals surface area contributed by atoms with Gasteiger partial charge in [-0.2, -0.15) is 0 Å². The number of nitrogens with one attached hydrogen (secondary N) is 1. The molecule has 2 aromatic rings. The zero-order valence-electron chi connectivity index (χ0n) is 10.9. The van der Waals surface area contributed by atoms with Crippen molar-refractivity contribution in [2.45, 2.75) is 25.9 Å². The van der Waals surface area contributed by atoms with E-state index in [1.807, 2.05) is 12.3 Å². The number of phenolic OH excluding ortho intramolecular Hbond substituents is 1. The summed E-state index contributed by atoms with van der Waals surface area (Å²) in [6.07, 6.45) is 1.90. The van der Waals surface area contributed by atoms with E-state index < -0.39 is 0 Å². The Bertz CT molecular complexity index is 597. The molecule has 19 heavy (non-hydrogen) atoms. The third-order valence-corrected chi connectivity index (χ3v) is 4.33. The summed E-state index contributed by atoms with van der Waals surface area (Å²) >= 11 is 1.71. The van der Waals surface area contributed by atoms with Crippen molar-refractivity contribution in [3.8, 4) is 11.5 Å². The maximum absolute atomic E-state index is 9.44. The van der Waals surface area contributed by atoms with Crippen molar-refractivity contribution in [3.63, 3.8) is 0 Å². The number of hydrogen-bond acceptors (Lipinski definition) is 5. The lowest BCUT2D eigenvalue weighted by Crippen LogP contribution is -2.25. The number of hydrogen-bond donors (Lipinski definition) is 2. The minimum Gasteiger partial charge on any atom is -0.508 e. The van der Waals surface area contributed by atoms with Gasteiger partial charge in [0.05, 0.1) is 12.1 Å². The maximum atomic E-state index is 9.44. The highest BCUT2D eigenvalue weighted by Crippen LogP contribution is 2.36. The molecule has 0 saturated carbocycles. The van der Waals surface area contributed by atoms with Gasteiger partial charge < -0.3 is 9.84 Å². The number of nitrogens with zero attached hydrogens (tertiary/aromatic N) is 1. The predicted molar refractivity (Wildman–Crippen MR) is 74.7 cm³/mol. The summed E-state index contributed by atoms with van der Waals surface area (Å²) < 4.78 is 5.59. The Hall–Kier alpha value is -1.59. The Labute approximate surface area is 116 Å². The Morgan fingerprint density at radius 1 is 1.53 bits per heavy atom. The summed E-state index contributed by atoms with van der Waals surface area (Å²) in [6.45, 7) is 4.76. The van der Waals surface area contributed by atoms with Gasteiger partial charge in [-0.25, -0.2) is 4.98 Å². The van der Waals surface area contributed by atoms with Gasteiger partial charge in [-0.1, -0.05) is 0 Å². The zero-order valence-corrected chi connectivity index (χ0v) is 11.7. The lowest BCUT2D eigenvalue weighted by molar-refractivity contribution is 0.300. The standard InChI is InChI=1S/C14H16N2O2S/c1-8-6-15-14(19-8)9(2)16-12-7-18-13-5-10(17)3-4-11(12)13/h3-6,9,12,16-17H,7H2,1-2H3. The highest BCUT2D eigenvalue weighted by Gasteiger charge is 2.26. The van der Waals surface area contributed by atoms with Crippen molar-refractivity contribution in [1.82, 2.24) is 10.3 Å². The first-order chi connectivity index (χ1) is 9.13. The first-order valence-corrected chi connectivity index (χ1v) is 7.09. The molecule has 4 nitrogen and oxygen atoms in total. The quantitative estimate of drug-likeness (QED) is 0.905. The minimum atomic E-state index is 0.148. The van der Waals surface area contributed by atoms with E-state index in [1.54, 1.807) is 23.5 Å². The summed E-state index contributed by atoms with van der Waals surface area (Å²) in [5.41, 5.74) is 1.10. The number of benzene rings is 1. The molecule has 1 aromatic carbocycles. The molecule has 1 aromatic heterocycles. The van der Waals surface area contributed by atoms with Gasteiger partial charge in [-0.3, -0.25) is 5.32 Å². The van der Waals surface area contributed by atoms with E-state index in [0.717, 1.165) is 16.3 Å². The van der Waals surface area contributed by atoms with E-state index in [1.165, 1.54) is 4.88 Å². The molecule has 5 heteroatoms. The molecule has 1 aliphatic rings. The topological polar surface area (TPSA) is 54.4 Å². The maximum Gasteiger partial charge on any atom is 0.127 e. The van der Waals surface area contributed by atoms with Crippen molar-refractivity contribution in [2.75, 3.05) is 6.61 Å². The fourth-order valence-electron chi connectivity index (χ4n) is 2.28. The van der Waals surface area contributed by atoms with Crippen molar-refractivity contribution in [3.05, 3.63) is 39.8 Å². The Balaban J connectivity index is 1.76. The van der Waals surface area contributed by atoms with Gasteiger partial charge in [0.15, 0.2) is 0 Å². The average Bonchev–Trinajstić information content (AvgIpc) is 2.96. The molecular weight excluding hydrogens is 260 g/mol. The molecule has 2 heterocycles. The second kappa shape index (κ2) is 4.83. The van der Waals surface area contributed by atoms with E-state index in [4.69, 9.17) is 4.74 Å². The lowest BCUT2D eigenvalue weighted by Gasteiger charge is -2.16. The number of rotatable bonds is 3. The monoisotopic (exact) mass is 276 g/mol. The van der Waals surface area contributed by atoms with Gasteiger partial charge in [0.25, 0.3) is 0 Å². The molecule has 2 atom stereocenters. The number of fused-ring (bicyclic) bond motifs is 1. The van der Waals surface area contributed by atoms with Crippen molar-refractivity contribution in [2.24, 2.45) is 0 Å². The molecule has 0 amide bonds. The average molecular weight is 276 g/mol. The van der Waals surface area contributed by atoms with Crippen LogP contribution >= 0.6 is 11.3 Å². The van der Waals surface area contributed by atoms with Gasteiger partial charge in [0.2, 0.25) is 0 Å². The van der Waals surface area contributed by atoms with Crippen molar-refractivity contribution >= 4 is 11.3 Å². The fourth-order valence-corrected chi connectivity index (χ4v) is 3.07. The highest BCUT2D eigenvalue weighted by atomic mass is 32.1. The zero-order chi connectivity index (χ0) is 13.4. The lowest BCUT2D eigenvalue weighted by atomic mass is 10.1. The normalized spacial score (nSPS) is 18.9. The van der Waals surface area contributed by atoms with E-state index in [9.17, 15) is 5.11 Å². The summed E-state index contributed by atoms with van der Waals surface area (Å²) in [4.78, 5) is 5.62. The molecule has 0 saturated heterocycles. The third-order valence-electron chi connectivity index (χ3n) is 3.24. The van der Waals surface area contributed by atoms with Crippen LogP contribution in [0.15, 0.2) is 24.4 Å². The third kappa shape index (κ3) is 2.43. The summed E-state index contributed by atoms with van der Waals surface area (Å²) in [5.74, 6) is 1.00. The molecular formula is C14H16N2O2S.